The molecule has 0 aliphatic rings. The Bertz CT molecular complexity index is 358. The SMILES string of the molecule is CCOC(=O)CCCNCc1cncc(F)c1. The van der Waals surface area contributed by atoms with Gasteiger partial charge >= 0.3 is 5.97 Å². The predicted octanol–water partition coefficient (Wildman–Crippen LogP) is 1.65. The lowest BCUT2D eigenvalue weighted by Crippen LogP contribution is -2.16. The fraction of sp³-hybridized carbons (Fsp3) is 0.500. The maximum Gasteiger partial charge on any atom is 0.305 e. The maximum atomic E-state index is 12.8. The van der Waals surface area contributed by atoms with E-state index >= 15 is 0 Å². The Kier molecular flexibility index (Phi) is 6.17. The molecule has 0 aliphatic carbocycles. The van der Waals surface area contributed by atoms with Crippen LogP contribution >= 0.6 is 0 Å². The number of nitrogens with zero attached hydrogens (tertiary/aromatic N) is 1. The Labute approximate surface area is 100 Å². The average Bonchev–Trinajstić information content (AvgIpc) is 2.29. The molecule has 0 amide bonds. The van der Waals surface area contributed by atoms with Crippen molar-refractivity contribution in [2.75, 3.05) is 13.2 Å². The first-order valence-corrected chi connectivity index (χ1v) is 5.68. The van der Waals surface area contributed by atoms with Gasteiger partial charge in [0.15, 0.2) is 0 Å². The number of aromatic nitrogens is 1. The molecule has 0 radical (unpaired) electrons. The number of pyridine rings is 1. The van der Waals surface area contributed by atoms with Gasteiger partial charge in [-0.3, -0.25) is 9.78 Å². The fourth-order valence-corrected chi connectivity index (χ4v) is 1.38. The van der Waals surface area contributed by atoms with E-state index in [1.807, 2.05) is 0 Å². The van der Waals surface area contributed by atoms with Crippen molar-refractivity contribution in [2.24, 2.45) is 0 Å². The van der Waals surface area contributed by atoms with E-state index in [1.54, 1.807) is 13.1 Å². The van der Waals surface area contributed by atoms with Crippen molar-refractivity contribution in [3.05, 3.63) is 29.8 Å². The van der Waals surface area contributed by atoms with Gasteiger partial charge in [-0.2, -0.15) is 0 Å². The quantitative estimate of drug-likeness (QED) is 0.581. The molecule has 0 aliphatic heterocycles. The molecule has 0 unspecified atom stereocenters. The second kappa shape index (κ2) is 7.73. The topological polar surface area (TPSA) is 51.2 Å². The number of carbonyl (C=O) groups excluding carboxylic acids is 1. The number of hydrogen-bond acceptors (Lipinski definition) is 4. The minimum absolute atomic E-state index is 0.179. The third-order valence-electron chi connectivity index (χ3n) is 2.13. The molecule has 0 spiro atoms. The van der Waals surface area contributed by atoms with Crippen LogP contribution in [-0.4, -0.2) is 24.1 Å². The number of ether oxygens (including phenoxy) is 1. The van der Waals surface area contributed by atoms with Gasteiger partial charge in [-0.15, -0.1) is 0 Å². The van der Waals surface area contributed by atoms with Crippen molar-refractivity contribution in [2.45, 2.75) is 26.3 Å². The van der Waals surface area contributed by atoms with Crippen LogP contribution in [0.4, 0.5) is 4.39 Å². The first-order valence-electron chi connectivity index (χ1n) is 5.68. The van der Waals surface area contributed by atoms with Gasteiger partial charge in [-0.05, 0) is 31.5 Å². The van der Waals surface area contributed by atoms with Crippen molar-refractivity contribution in [3.63, 3.8) is 0 Å². The Morgan fingerprint density at radius 2 is 2.35 bits per heavy atom. The van der Waals surface area contributed by atoms with E-state index in [9.17, 15) is 9.18 Å². The van der Waals surface area contributed by atoms with Gasteiger partial charge in [0.2, 0.25) is 0 Å². The van der Waals surface area contributed by atoms with E-state index in [4.69, 9.17) is 4.74 Å². The summed E-state index contributed by atoms with van der Waals surface area (Å²) in [5.41, 5.74) is 0.793. The first-order chi connectivity index (χ1) is 8.22. The molecule has 0 saturated heterocycles. The summed E-state index contributed by atoms with van der Waals surface area (Å²) in [7, 11) is 0. The molecule has 0 bridgehead atoms. The second-order valence-corrected chi connectivity index (χ2v) is 3.60. The van der Waals surface area contributed by atoms with E-state index in [-0.39, 0.29) is 11.8 Å². The van der Waals surface area contributed by atoms with Gasteiger partial charge < -0.3 is 10.1 Å². The summed E-state index contributed by atoms with van der Waals surface area (Å²) in [5.74, 6) is -0.516. The summed E-state index contributed by atoms with van der Waals surface area (Å²) >= 11 is 0. The maximum absolute atomic E-state index is 12.8. The Hall–Kier alpha value is -1.49. The average molecular weight is 240 g/mol. The number of nitrogens with one attached hydrogen (secondary N) is 1. The van der Waals surface area contributed by atoms with Crippen LogP contribution in [0.1, 0.15) is 25.3 Å². The van der Waals surface area contributed by atoms with Gasteiger partial charge in [0.25, 0.3) is 0 Å². The van der Waals surface area contributed by atoms with E-state index in [0.29, 0.717) is 32.5 Å². The molecule has 0 fully saturated rings. The summed E-state index contributed by atoms with van der Waals surface area (Å²) in [6.45, 7) is 3.44. The van der Waals surface area contributed by atoms with Gasteiger partial charge in [0, 0.05) is 19.2 Å². The molecule has 1 rings (SSSR count). The van der Waals surface area contributed by atoms with Crippen LogP contribution in [0.3, 0.4) is 0 Å². The van der Waals surface area contributed by atoms with Gasteiger partial charge in [-0.25, -0.2) is 4.39 Å². The number of rotatable bonds is 7. The second-order valence-electron chi connectivity index (χ2n) is 3.60. The molecule has 1 N–H and O–H groups in total. The van der Waals surface area contributed by atoms with Crippen LogP contribution in [-0.2, 0) is 16.1 Å². The third-order valence-corrected chi connectivity index (χ3v) is 2.13. The summed E-state index contributed by atoms with van der Waals surface area (Å²) in [6, 6.07) is 1.44. The Morgan fingerprint density at radius 3 is 3.06 bits per heavy atom. The molecule has 94 valence electrons. The van der Waals surface area contributed by atoms with Crippen molar-refractivity contribution in [3.8, 4) is 0 Å². The van der Waals surface area contributed by atoms with Crippen LogP contribution in [0, 0.1) is 5.82 Å². The number of hydrogen-bond donors (Lipinski definition) is 1. The fourth-order valence-electron chi connectivity index (χ4n) is 1.38. The van der Waals surface area contributed by atoms with Crippen LogP contribution < -0.4 is 5.32 Å². The molecule has 1 aromatic rings. The van der Waals surface area contributed by atoms with E-state index in [0.717, 1.165) is 5.56 Å². The highest BCUT2D eigenvalue weighted by molar-refractivity contribution is 5.69. The summed E-state index contributed by atoms with van der Waals surface area (Å²) < 4.78 is 17.6. The van der Waals surface area contributed by atoms with Crippen LogP contribution in [0.25, 0.3) is 0 Å². The Balaban J connectivity index is 2.10. The molecule has 1 aromatic heterocycles. The zero-order valence-corrected chi connectivity index (χ0v) is 9.91. The lowest BCUT2D eigenvalue weighted by Gasteiger charge is -2.04. The predicted molar refractivity (Wildman–Crippen MR) is 61.8 cm³/mol. The van der Waals surface area contributed by atoms with Gasteiger partial charge in [0.1, 0.15) is 5.82 Å². The minimum atomic E-state index is -0.337. The van der Waals surface area contributed by atoms with Crippen molar-refractivity contribution < 1.29 is 13.9 Å². The molecule has 4 nitrogen and oxygen atoms in total. The van der Waals surface area contributed by atoms with Crippen LogP contribution in [0.5, 0.6) is 0 Å². The van der Waals surface area contributed by atoms with Crippen LogP contribution in [0.15, 0.2) is 18.5 Å². The van der Waals surface area contributed by atoms with E-state index in [2.05, 4.69) is 10.3 Å². The van der Waals surface area contributed by atoms with Crippen molar-refractivity contribution in [1.82, 2.24) is 10.3 Å². The molecule has 1 heterocycles. The molecular formula is C12H17FN2O2. The number of halogens is 1. The minimum Gasteiger partial charge on any atom is -0.466 e. The lowest BCUT2D eigenvalue weighted by molar-refractivity contribution is -0.143. The monoisotopic (exact) mass is 240 g/mol. The highest BCUT2D eigenvalue weighted by Crippen LogP contribution is 2.00. The smallest absolute Gasteiger partial charge is 0.305 e. The lowest BCUT2D eigenvalue weighted by atomic mass is 10.2. The number of esters is 1. The van der Waals surface area contributed by atoms with Crippen molar-refractivity contribution >= 4 is 5.97 Å². The standard InChI is InChI=1S/C12H17FN2O2/c1-2-17-12(16)4-3-5-14-7-10-6-11(13)9-15-8-10/h6,8-9,14H,2-5,7H2,1H3. The summed E-state index contributed by atoms with van der Waals surface area (Å²) in [6.07, 6.45) is 3.90. The molecule has 0 saturated carbocycles. The third kappa shape index (κ3) is 5.97. The highest BCUT2D eigenvalue weighted by atomic mass is 19.1. The molecular weight excluding hydrogens is 223 g/mol. The van der Waals surface area contributed by atoms with Gasteiger partial charge in [-0.1, -0.05) is 0 Å². The van der Waals surface area contributed by atoms with Crippen LogP contribution in [0.2, 0.25) is 0 Å². The largest absolute Gasteiger partial charge is 0.466 e. The normalized spacial score (nSPS) is 10.2. The van der Waals surface area contributed by atoms with E-state index < -0.39 is 0 Å². The molecule has 0 atom stereocenters. The summed E-state index contributed by atoms with van der Waals surface area (Å²) in [4.78, 5) is 14.8. The zero-order chi connectivity index (χ0) is 12.5. The van der Waals surface area contributed by atoms with Crippen molar-refractivity contribution in [1.29, 1.82) is 0 Å². The molecule has 17 heavy (non-hydrogen) atoms. The number of carbonyl (C=O) groups is 1. The Morgan fingerprint density at radius 1 is 1.53 bits per heavy atom. The van der Waals surface area contributed by atoms with Gasteiger partial charge in [0.05, 0.1) is 12.8 Å². The van der Waals surface area contributed by atoms with E-state index in [1.165, 1.54) is 12.3 Å². The molecule has 0 aromatic carbocycles. The highest BCUT2D eigenvalue weighted by Gasteiger charge is 2.00. The zero-order valence-electron chi connectivity index (χ0n) is 9.91. The summed E-state index contributed by atoms with van der Waals surface area (Å²) in [5, 5.41) is 3.11. The first kappa shape index (κ1) is 13.6. The molecule has 5 heteroatoms.